The summed E-state index contributed by atoms with van der Waals surface area (Å²) in [5.41, 5.74) is 0.404. The SMILES string of the molecule is CN(C=Nc1cc(Cl)c(Cl)cc1Cl)C(=O)Cl. The molecular formula is C9H6Cl4N2O. The van der Waals surface area contributed by atoms with Crippen molar-refractivity contribution in [2.75, 3.05) is 7.05 Å². The Hall–Kier alpha value is -0.480. The monoisotopic (exact) mass is 298 g/mol. The molecule has 0 aromatic heterocycles. The summed E-state index contributed by atoms with van der Waals surface area (Å²) in [7, 11) is 1.46. The molecule has 0 aliphatic carbocycles. The Kier molecular flexibility index (Phi) is 4.87. The molecule has 1 amide bonds. The molecule has 1 aromatic rings. The second kappa shape index (κ2) is 5.73. The molecule has 0 aliphatic rings. The van der Waals surface area contributed by atoms with Crippen LogP contribution in [0.3, 0.4) is 0 Å². The number of nitrogens with zero attached hydrogens (tertiary/aromatic N) is 2. The van der Waals surface area contributed by atoms with Crippen LogP contribution in [-0.2, 0) is 0 Å². The summed E-state index contributed by atoms with van der Waals surface area (Å²) in [6.07, 6.45) is 1.24. The van der Waals surface area contributed by atoms with Crippen molar-refractivity contribution in [1.82, 2.24) is 4.90 Å². The Morgan fingerprint density at radius 2 is 1.81 bits per heavy atom. The molecule has 0 atom stereocenters. The van der Waals surface area contributed by atoms with Gasteiger partial charge in [0.15, 0.2) is 0 Å². The van der Waals surface area contributed by atoms with Gasteiger partial charge in [0.2, 0.25) is 0 Å². The zero-order chi connectivity index (χ0) is 12.3. The number of hydrogen-bond acceptors (Lipinski definition) is 2. The highest BCUT2D eigenvalue weighted by Gasteiger charge is 2.05. The van der Waals surface area contributed by atoms with Gasteiger partial charge in [0.25, 0.3) is 0 Å². The Morgan fingerprint density at radius 3 is 2.38 bits per heavy atom. The maximum Gasteiger partial charge on any atom is 0.321 e. The van der Waals surface area contributed by atoms with Crippen molar-refractivity contribution in [2.45, 2.75) is 0 Å². The molecule has 0 saturated heterocycles. The van der Waals surface area contributed by atoms with Gasteiger partial charge >= 0.3 is 5.37 Å². The van der Waals surface area contributed by atoms with Crippen LogP contribution in [-0.4, -0.2) is 23.7 Å². The van der Waals surface area contributed by atoms with Crippen LogP contribution in [0, 0.1) is 0 Å². The van der Waals surface area contributed by atoms with Gasteiger partial charge in [-0.15, -0.1) is 0 Å². The minimum Gasteiger partial charge on any atom is -0.292 e. The first-order valence-electron chi connectivity index (χ1n) is 4.03. The van der Waals surface area contributed by atoms with Gasteiger partial charge < -0.3 is 0 Å². The standard InChI is InChI=1S/C9H6Cl4N2O/c1-15(9(13)16)4-14-8-3-6(11)5(10)2-7(8)12/h2-4H,1H3. The summed E-state index contributed by atoms with van der Waals surface area (Å²) in [6.45, 7) is 0. The highest BCUT2D eigenvalue weighted by Crippen LogP contribution is 2.33. The fraction of sp³-hybridized carbons (Fsp3) is 0.111. The van der Waals surface area contributed by atoms with Gasteiger partial charge in [-0.3, -0.25) is 9.69 Å². The number of carbonyl (C=O) groups excluding carboxylic acids is 1. The van der Waals surface area contributed by atoms with E-state index in [9.17, 15) is 4.79 Å². The van der Waals surface area contributed by atoms with Crippen LogP contribution >= 0.6 is 46.4 Å². The van der Waals surface area contributed by atoms with Crippen molar-refractivity contribution in [3.05, 3.63) is 27.2 Å². The molecule has 0 unspecified atom stereocenters. The summed E-state index contributed by atoms with van der Waals surface area (Å²) in [5.74, 6) is 0. The highest BCUT2D eigenvalue weighted by atomic mass is 35.5. The summed E-state index contributed by atoms with van der Waals surface area (Å²) in [4.78, 5) is 15.7. The topological polar surface area (TPSA) is 32.7 Å². The van der Waals surface area contributed by atoms with E-state index < -0.39 is 5.37 Å². The number of carbonyl (C=O) groups is 1. The van der Waals surface area contributed by atoms with Gasteiger partial charge in [-0.05, 0) is 23.7 Å². The van der Waals surface area contributed by atoms with Gasteiger partial charge in [0, 0.05) is 7.05 Å². The molecule has 0 spiro atoms. The van der Waals surface area contributed by atoms with Crippen LogP contribution in [0.1, 0.15) is 0 Å². The Bertz CT molecular complexity index is 447. The average Bonchev–Trinajstić information content (AvgIpc) is 2.20. The summed E-state index contributed by atoms with van der Waals surface area (Å²) in [6, 6.07) is 2.97. The zero-order valence-electron chi connectivity index (χ0n) is 8.05. The van der Waals surface area contributed by atoms with Crippen LogP contribution in [0.2, 0.25) is 15.1 Å². The van der Waals surface area contributed by atoms with Crippen LogP contribution in [0.4, 0.5) is 10.5 Å². The van der Waals surface area contributed by atoms with E-state index in [1.165, 1.54) is 25.5 Å². The number of halogens is 4. The molecule has 1 aromatic carbocycles. The molecule has 16 heavy (non-hydrogen) atoms. The van der Waals surface area contributed by atoms with Crippen LogP contribution < -0.4 is 0 Å². The van der Waals surface area contributed by atoms with Crippen LogP contribution in [0.5, 0.6) is 0 Å². The van der Waals surface area contributed by atoms with E-state index in [2.05, 4.69) is 4.99 Å². The van der Waals surface area contributed by atoms with E-state index >= 15 is 0 Å². The van der Waals surface area contributed by atoms with Crippen molar-refractivity contribution in [3.8, 4) is 0 Å². The second-order valence-electron chi connectivity index (χ2n) is 2.83. The van der Waals surface area contributed by atoms with Crippen LogP contribution in [0.15, 0.2) is 17.1 Å². The number of aliphatic imine (C=N–C) groups is 1. The molecule has 0 fully saturated rings. The lowest BCUT2D eigenvalue weighted by molar-refractivity contribution is 0.248. The molecule has 86 valence electrons. The fourth-order valence-electron chi connectivity index (χ4n) is 0.805. The zero-order valence-corrected chi connectivity index (χ0v) is 11.1. The smallest absolute Gasteiger partial charge is 0.292 e. The molecule has 1 rings (SSSR count). The molecule has 0 N–H and O–H groups in total. The van der Waals surface area contributed by atoms with E-state index in [0.29, 0.717) is 20.8 Å². The van der Waals surface area contributed by atoms with Crippen molar-refractivity contribution >= 4 is 63.8 Å². The third kappa shape index (κ3) is 3.52. The average molecular weight is 300 g/mol. The lowest BCUT2D eigenvalue weighted by atomic mass is 10.3. The molecule has 0 aliphatic heterocycles. The largest absolute Gasteiger partial charge is 0.321 e. The first kappa shape index (κ1) is 13.6. The first-order valence-corrected chi connectivity index (χ1v) is 5.54. The Labute approximate surface area is 113 Å². The van der Waals surface area contributed by atoms with E-state index in [0.717, 1.165) is 4.90 Å². The van der Waals surface area contributed by atoms with Crippen molar-refractivity contribution < 1.29 is 4.79 Å². The predicted molar refractivity (Wildman–Crippen MR) is 68.6 cm³/mol. The summed E-state index contributed by atoms with van der Waals surface area (Å²) < 4.78 is 0. The lowest BCUT2D eigenvalue weighted by Crippen LogP contribution is -2.18. The number of amides is 1. The molecule has 7 heteroatoms. The third-order valence-corrected chi connectivity index (χ3v) is 2.93. The quantitative estimate of drug-likeness (QED) is 0.258. The molecule has 0 bridgehead atoms. The van der Waals surface area contributed by atoms with E-state index in [1.807, 2.05) is 0 Å². The molecule has 3 nitrogen and oxygen atoms in total. The summed E-state index contributed by atoms with van der Waals surface area (Å²) >= 11 is 22.6. The van der Waals surface area contributed by atoms with Crippen molar-refractivity contribution in [3.63, 3.8) is 0 Å². The maximum absolute atomic E-state index is 10.7. The minimum atomic E-state index is -0.653. The van der Waals surface area contributed by atoms with Gasteiger partial charge in [0.05, 0.1) is 27.1 Å². The second-order valence-corrected chi connectivity index (χ2v) is 4.37. The number of rotatable bonds is 2. The predicted octanol–water partition coefficient (Wildman–Crippen LogP) is 4.60. The first-order chi connectivity index (χ1) is 7.41. The normalized spacial score (nSPS) is 10.8. The molecule has 0 heterocycles. The number of hydrogen-bond donors (Lipinski definition) is 0. The van der Waals surface area contributed by atoms with Gasteiger partial charge in [-0.25, -0.2) is 4.99 Å². The Balaban J connectivity index is 2.98. The van der Waals surface area contributed by atoms with E-state index in [4.69, 9.17) is 46.4 Å². The van der Waals surface area contributed by atoms with Crippen LogP contribution in [0.25, 0.3) is 0 Å². The lowest BCUT2D eigenvalue weighted by Gasteiger charge is -2.06. The van der Waals surface area contributed by atoms with Crippen molar-refractivity contribution in [2.24, 2.45) is 4.99 Å². The fourth-order valence-corrected chi connectivity index (χ4v) is 1.44. The summed E-state index contributed by atoms with van der Waals surface area (Å²) in [5, 5.41) is 0.353. The molecular weight excluding hydrogens is 294 g/mol. The highest BCUT2D eigenvalue weighted by molar-refractivity contribution is 6.63. The van der Waals surface area contributed by atoms with Gasteiger partial charge in [0.1, 0.15) is 0 Å². The third-order valence-electron chi connectivity index (χ3n) is 1.64. The maximum atomic E-state index is 10.7. The van der Waals surface area contributed by atoms with E-state index in [1.54, 1.807) is 0 Å². The Morgan fingerprint density at radius 1 is 1.25 bits per heavy atom. The van der Waals surface area contributed by atoms with E-state index in [-0.39, 0.29) is 0 Å². The van der Waals surface area contributed by atoms with Gasteiger partial charge in [-0.1, -0.05) is 34.8 Å². The minimum absolute atomic E-state index is 0.332. The van der Waals surface area contributed by atoms with Crippen molar-refractivity contribution in [1.29, 1.82) is 0 Å². The molecule has 0 radical (unpaired) electrons. The van der Waals surface area contributed by atoms with Gasteiger partial charge in [-0.2, -0.15) is 0 Å². The molecule has 0 saturated carbocycles. The number of benzene rings is 1.